The Balaban J connectivity index is 1.89. The predicted octanol–water partition coefficient (Wildman–Crippen LogP) is 2.81. The van der Waals surface area contributed by atoms with Crippen LogP contribution >= 0.6 is 0 Å². The third kappa shape index (κ3) is 4.65. The molecular formula is C18H15FN2O3. The third-order valence-electron chi connectivity index (χ3n) is 3.25. The first-order valence-electron chi connectivity index (χ1n) is 7.23. The van der Waals surface area contributed by atoms with Crippen LogP contribution in [0.1, 0.15) is 18.1 Å². The molecule has 2 rings (SSSR count). The highest BCUT2D eigenvalue weighted by Gasteiger charge is 2.19. The first-order valence-corrected chi connectivity index (χ1v) is 7.23. The highest BCUT2D eigenvalue weighted by atomic mass is 19.1. The van der Waals surface area contributed by atoms with E-state index in [1.807, 2.05) is 6.07 Å². The zero-order valence-electron chi connectivity index (χ0n) is 13.0. The number of anilines is 1. The van der Waals surface area contributed by atoms with Crippen molar-refractivity contribution >= 4 is 17.6 Å². The molecule has 0 bridgehead atoms. The van der Waals surface area contributed by atoms with Crippen LogP contribution in [0.15, 0.2) is 48.5 Å². The van der Waals surface area contributed by atoms with Crippen molar-refractivity contribution in [2.75, 3.05) is 5.32 Å². The second-order valence-electron chi connectivity index (χ2n) is 5.08. The van der Waals surface area contributed by atoms with E-state index in [9.17, 15) is 14.0 Å². The number of nitrogens with one attached hydrogen (secondary N) is 1. The fourth-order valence-electron chi connectivity index (χ4n) is 1.96. The summed E-state index contributed by atoms with van der Waals surface area (Å²) in [5.41, 5.74) is 1.16. The molecule has 5 nitrogen and oxygen atoms in total. The number of ether oxygens (including phenoxy) is 1. The highest BCUT2D eigenvalue weighted by Crippen LogP contribution is 2.11. The molecule has 0 saturated carbocycles. The molecule has 1 amide bonds. The molecule has 1 N–H and O–H groups in total. The first-order chi connectivity index (χ1) is 11.5. The SMILES string of the molecule is C[C@@H](OC(=O)Cc1ccccc1F)C(=O)Nc1ccc(C#N)cc1. The van der Waals surface area contributed by atoms with Gasteiger partial charge in [0.15, 0.2) is 6.10 Å². The lowest BCUT2D eigenvalue weighted by molar-refractivity contribution is -0.152. The average Bonchev–Trinajstić information content (AvgIpc) is 2.57. The van der Waals surface area contributed by atoms with E-state index in [-0.39, 0.29) is 12.0 Å². The molecule has 0 aliphatic rings. The fourth-order valence-corrected chi connectivity index (χ4v) is 1.96. The smallest absolute Gasteiger partial charge is 0.311 e. The van der Waals surface area contributed by atoms with Crippen LogP contribution in [0, 0.1) is 17.1 Å². The average molecular weight is 326 g/mol. The number of carbonyl (C=O) groups excluding carboxylic acids is 2. The molecule has 2 aromatic rings. The summed E-state index contributed by atoms with van der Waals surface area (Å²) in [6.45, 7) is 1.43. The van der Waals surface area contributed by atoms with E-state index in [2.05, 4.69) is 5.32 Å². The van der Waals surface area contributed by atoms with Crippen LogP contribution in [0.2, 0.25) is 0 Å². The highest BCUT2D eigenvalue weighted by molar-refractivity contribution is 5.95. The Morgan fingerprint density at radius 2 is 1.88 bits per heavy atom. The summed E-state index contributed by atoms with van der Waals surface area (Å²) in [7, 11) is 0. The van der Waals surface area contributed by atoms with E-state index in [1.165, 1.54) is 25.1 Å². The summed E-state index contributed by atoms with van der Waals surface area (Å²) >= 11 is 0. The number of benzene rings is 2. The molecule has 1 atom stereocenters. The van der Waals surface area contributed by atoms with Crippen molar-refractivity contribution < 1.29 is 18.7 Å². The number of nitrogens with zero attached hydrogens (tertiary/aromatic N) is 1. The molecule has 0 unspecified atom stereocenters. The van der Waals surface area contributed by atoms with Gasteiger partial charge in [-0.1, -0.05) is 18.2 Å². The number of hydrogen-bond donors (Lipinski definition) is 1. The summed E-state index contributed by atoms with van der Waals surface area (Å²) in [6.07, 6.45) is -1.28. The lowest BCUT2D eigenvalue weighted by Gasteiger charge is -2.13. The van der Waals surface area contributed by atoms with Crippen molar-refractivity contribution in [3.8, 4) is 6.07 Å². The lowest BCUT2D eigenvalue weighted by atomic mass is 10.1. The molecule has 0 saturated heterocycles. The molecular weight excluding hydrogens is 311 g/mol. The van der Waals surface area contributed by atoms with Crippen LogP contribution in [0.5, 0.6) is 0 Å². The largest absolute Gasteiger partial charge is 0.452 e. The lowest BCUT2D eigenvalue weighted by Crippen LogP contribution is -2.30. The van der Waals surface area contributed by atoms with Gasteiger partial charge in [0.2, 0.25) is 0 Å². The summed E-state index contributed by atoms with van der Waals surface area (Å²) in [4.78, 5) is 23.8. The second kappa shape index (κ2) is 7.88. The van der Waals surface area contributed by atoms with Crippen molar-refractivity contribution in [2.45, 2.75) is 19.4 Å². The van der Waals surface area contributed by atoms with Gasteiger partial charge in [-0.3, -0.25) is 9.59 Å². The number of esters is 1. The monoisotopic (exact) mass is 326 g/mol. The maximum absolute atomic E-state index is 13.5. The van der Waals surface area contributed by atoms with Gasteiger partial charge >= 0.3 is 5.97 Å². The van der Waals surface area contributed by atoms with E-state index in [4.69, 9.17) is 10.00 Å². The van der Waals surface area contributed by atoms with Gasteiger partial charge in [-0.05, 0) is 42.8 Å². The van der Waals surface area contributed by atoms with Gasteiger partial charge in [-0.2, -0.15) is 5.26 Å². The zero-order chi connectivity index (χ0) is 17.5. The number of halogens is 1. The molecule has 24 heavy (non-hydrogen) atoms. The van der Waals surface area contributed by atoms with Gasteiger partial charge in [0, 0.05) is 5.69 Å². The molecule has 0 fully saturated rings. The number of rotatable bonds is 5. The topological polar surface area (TPSA) is 79.2 Å². The van der Waals surface area contributed by atoms with Crippen LogP contribution < -0.4 is 5.32 Å². The molecule has 0 heterocycles. The van der Waals surface area contributed by atoms with Crippen molar-refractivity contribution in [3.63, 3.8) is 0 Å². The van der Waals surface area contributed by atoms with E-state index in [0.29, 0.717) is 11.3 Å². The minimum Gasteiger partial charge on any atom is -0.452 e. The molecule has 0 radical (unpaired) electrons. The normalized spacial score (nSPS) is 11.2. The van der Waals surface area contributed by atoms with Gasteiger partial charge in [0.25, 0.3) is 5.91 Å². The van der Waals surface area contributed by atoms with Crippen LogP contribution in [-0.4, -0.2) is 18.0 Å². The third-order valence-corrected chi connectivity index (χ3v) is 3.25. The van der Waals surface area contributed by atoms with Crippen molar-refractivity contribution in [3.05, 3.63) is 65.5 Å². The summed E-state index contributed by atoms with van der Waals surface area (Å²) in [6, 6.07) is 14.1. The van der Waals surface area contributed by atoms with Gasteiger partial charge in [-0.25, -0.2) is 4.39 Å². The minimum atomic E-state index is -1.03. The molecule has 0 aliphatic carbocycles. The molecule has 0 aliphatic heterocycles. The second-order valence-corrected chi connectivity index (χ2v) is 5.08. The van der Waals surface area contributed by atoms with Gasteiger partial charge in [-0.15, -0.1) is 0 Å². The molecule has 0 aromatic heterocycles. The summed E-state index contributed by atoms with van der Waals surface area (Å²) < 4.78 is 18.5. The van der Waals surface area contributed by atoms with E-state index in [0.717, 1.165) is 0 Å². The Kier molecular flexibility index (Phi) is 5.63. The molecule has 0 spiro atoms. The maximum atomic E-state index is 13.5. The van der Waals surface area contributed by atoms with Gasteiger partial charge in [0.05, 0.1) is 18.1 Å². The predicted molar refractivity (Wildman–Crippen MR) is 85.4 cm³/mol. The van der Waals surface area contributed by atoms with Gasteiger partial charge in [0.1, 0.15) is 5.82 Å². The number of amides is 1. The number of hydrogen-bond acceptors (Lipinski definition) is 4. The number of nitriles is 1. The van der Waals surface area contributed by atoms with Crippen LogP contribution in [-0.2, 0) is 20.7 Å². The standard InChI is InChI=1S/C18H15FN2O3/c1-12(18(23)21-15-8-6-13(11-20)7-9-15)24-17(22)10-14-4-2-3-5-16(14)19/h2-9,12H,10H2,1H3,(H,21,23)/t12-/m1/s1. The Bertz CT molecular complexity index is 782. The number of carbonyl (C=O) groups is 2. The Labute approximate surface area is 138 Å². The first kappa shape index (κ1) is 17.2. The summed E-state index contributed by atoms with van der Waals surface area (Å²) in [5, 5.41) is 11.3. The molecule has 2 aromatic carbocycles. The van der Waals surface area contributed by atoms with Crippen molar-refractivity contribution in [1.82, 2.24) is 0 Å². The Morgan fingerprint density at radius 1 is 1.21 bits per heavy atom. The summed E-state index contributed by atoms with van der Waals surface area (Å²) in [5.74, 6) is -1.70. The molecule has 122 valence electrons. The van der Waals surface area contributed by atoms with Crippen molar-refractivity contribution in [2.24, 2.45) is 0 Å². The van der Waals surface area contributed by atoms with Crippen LogP contribution in [0.4, 0.5) is 10.1 Å². The maximum Gasteiger partial charge on any atom is 0.311 e. The Morgan fingerprint density at radius 3 is 2.50 bits per heavy atom. The van der Waals surface area contributed by atoms with E-state index >= 15 is 0 Å². The zero-order valence-corrected chi connectivity index (χ0v) is 13.0. The quantitative estimate of drug-likeness (QED) is 0.857. The van der Waals surface area contributed by atoms with E-state index in [1.54, 1.807) is 30.3 Å². The Hall–Kier alpha value is -3.20. The minimum absolute atomic E-state index is 0.210. The molecule has 6 heteroatoms. The van der Waals surface area contributed by atoms with E-state index < -0.39 is 23.8 Å². The van der Waals surface area contributed by atoms with Crippen LogP contribution in [0.25, 0.3) is 0 Å². The van der Waals surface area contributed by atoms with Gasteiger partial charge < -0.3 is 10.1 Å². The van der Waals surface area contributed by atoms with Crippen molar-refractivity contribution in [1.29, 1.82) is 5.26 Å². The fraction of sp³-hybridized carbons (Fsp3) is 0.167. The van der Waals surface area contributed by atoms with Crippen LogP contribution in [0.3, 0.4) is 0 Å².